The van der Waals surface area contributed by atoms with Crippen LogP contribution in [0.15, 0.2) is 60.7 Å². The fourth-order valence-corrected chi connectivity index (χ4v) is 13.4. The molecule has 9 rings (SSSR count). The Morgan fingerprint density at radius 1 is 0.381 bits per heavy atom. The molecule has 2 aromatic carbocycles. The van der Waals surface area contributed by atoms with Crippen LogP contribution in [0.3, 0.4) is 0 Å². The van der Waals surface area contributed by atoms with Crippen LogP contribution in [0.4, 0.5) is 0 Å². The number of carbonyl (C=O) groups is 2. The molecule has 0 bridgehead atoms. The average Bonchev–Trinajstić information content (AvgIpc) is 3.48. The maximum Gasteiger partial charge on any atom is 0.139 e. The van der Waals surface area contributed by atoms with E-state index >= 15 is 0 Å². The molecule has 7 saturated carbocycles. The van der Waals surface area contributed by atoms with Crippen LogP contribution < -0.4 is 0 Å². The summed E-state index contributed by atoms with van der Waals surface area (Å²) >= 11 is 0. The first-order chi connectivity index (χ1) is 20.7. The van der Waals surface area contributed by atoms with E-state index < -0.39 is 0 Å². The zero-order valence-corrected chi connectivity index (χ0v) is 25.2. The van der Waals surface area contributed by atoms with Crippen LogP contribution in [0.25, 0.3) is 0 Å². The number of hydrogen-bond acceptors (Lipinski definition) is 2. The minimum absolute atomic E-state index is 0.297. The number of hydrogen-bond donors (Lipinski definition) is 0. The highest BCUT2D eigenvalue weighted by atomic mass is 16.1. The van der Waals surface area contributed by atoms with Crippen molar-refractivity contribution in [3.05, 3.63) is 71.8 Å². The Labute approximate surface area is 252 Å². The first kappa shape index (κ1) is 26.2. The molecule has 2 heteroatoms. The Morgan fingerprint density at radius 3 is 1.19 bits per heavy atom. The van der Waals surface area contributed by atoms with Crippen molar-refractivity contribution in [3.63, 3.8) is 0 Å². The number of carbonyl (C=O) groups excluding carboxylic acids is 2. The Bertz CT molecular complexity index is 1230. The maximum absolute atomic E-state index is 14.0. The standard InChI is InChI=1S/C40H48O2/c41-39-28-18-10-8-16-26(28)30-20-32-33(21-35(30)39)37(23-11-3-1-4-12-23)31-19-29-25-15-7-9-17-27(25)40(42)36(29)22-34(31)38(32)24-13-5-2-6-14-24/h1-6,11-14,25-38H,7-10,15-22H2. The molecule has 14 unspecified atom stereocenters. The van der Waals surface area contributed by atoms with Gasteiger partial charge in [0.05, 0.1) is 0 Å². The van der Waals surface area contributed by atoms with Crippen molar-refractivity contribution < 1.29 is 9.59 Å². The lowest BCUT2D eigenvalue weighted by Gasteiger charge is -2.59. The summed E-state index contributed by atoms with van der Waals surface area (Å²) < 4.78 is 0. The van der Waals surface area contributed by atoms with E-state index in [0.29, 0.717) is 94.4 Å². The number of Topliss-reactive ketones (excluding diaryl/α,β-unsaturated/α-hetero) is 2. The molecule has 42 heavy (non-hydrogen) atoms. The molecule has 220 valence electrons. The highest BCUT2D eigenvalue weighted by Gasteiger charge is 2.63. The second kappa shape index (κ2) is 10.2. The summed E-state index contributed by atoms with van der Waals surface area (Å²) in [7, 11) is 0. The largest absolute Gasteiger partial charge is 0.299 e. The maximum atomic E-state index is 14.0. The summed E-state index contributed by atoms with van der Waals surface area (Å²) in [5.41, 5.74) is 3.05. The molecule has 0 saturated heterocycles. The zero-order valence-electron chi connectivity index (χ0n) is 25.2. The highest BCUT2D eigenvalue weighted by molar-refractivity contribution is 5.87. The summed E-state index contributed by atoms with van der Waals surface area (Å²) in [6, 6.07) is 23.0. The molecule has 0 aliphatic heterocycles. The molecule has 7 aliphatic carbocycles. The van der Waals surface area contributed by atoms with Crippen molar-refractivity contribution in [3.8, 4) is 0 Å². The lowest BCUT2D eigenvalue weighted by molar-refractivity contribution is -0.130. The fourth-order valence-electron chi connectivity index (χ4n) is 13.4. The summed E-state index contributed by atoms with van der Waals surface area (Å²) in [5, 5.41) is 0. The van der Waals surface area contributed by atoms with E-state index in [4.69, 9.17) is 0 Å². The third-order valence-electron chi connectivity index (χ3n) is 14.7. The minimum Gasteiger partial charge on any atom is -0.299 e. The predicted octanol–water partition coefficient (Wildman–Crippen LogP) is 8.86. The van der Waals surface area contributed by atoms with Crippen LogP contribution in [0.5, 0.6) is 0 Å². The van der Waals surface area contributed by atoms with E-state index in [1.807, 2.05) is 0 Å². The summed E-state index contributed by atoms with van der Waals surface area (Å²) in [6.07, 6.45) is 14.7. The molecule has 7 fully saturated rings. The molecule has 0 amide bonds. The number of fused-ring (bicyclic) bond motifs is 8. The van der Waals surface area contributed by atoms with Gasteiger partial charge in [0.25, 0.3) is 0 Å². The first-order valence-corrected chi connectivity index (χ1v) is 17.9. The number of benzene rings is 2. The smallest absolute Gasteiger partial charge is 0.139 e. The molecular formula is C40H48O2. The van der Waals surface area contributed by atoms with Crippen molar-refractivity contribution in [2.75, 3.05) is 0 Å². The van der Waals surface area contributed by atoms with Gasteiger partial charge in [0.1, 0.15) is 11.6 Å². The second-order valence-electron chi connectivity index (χ2n) is 15.9. The molecule has 14 atom stereocenters. The van der Waals surface area contributed by atoms with Crippen LogP contribution in [0, 0.1) is 71.0 Å². The van der Waals surface area contributed by atoms with Gasteiger partial charge in [-0.25, -0.2) is 0 Å². The first-order valence-electron chi connectivity index (χ1n) is 17.9. The van der Waals surface area contributed by atoms with Crippen molar-refractivity contribution in [2.45, 2.75) is 88.9 Å². The minimum atomic E-state index is 0.297. The summed E-state index contributed by atoms with van der Waals surface area (Å²) in [5.74, 6) is 8.48. The lowest BCUT2D eigenvalue weighted by atomic mass is 9.45. The van der Waals surface area contributed by atoms with Crippen molar-refractivity contribution >= 4 is 11.6 Å². The number of rotatable bonds is 2. The van der Waals surface area contributed by atoms with Gasteiger partial charge in [-0.1, -0.05) is 86.3 Å². The Morgan fingerprint density at radius 2 is 0.762 bits per heavy atom. The summed E-state index contributed by atoms with van der Waals surface area (Å²) in [6.45, 7) is 0. The van der Waals surface area contributed by atoms with Crippen LogP contribution in [-0.4, -0.2) is 11.6 Å². The van der Waals surface area contributed by atoms with Crippen LogP contribution in [0.2, 0.25) is 0 Å². The van der Waals surface area contributed by atoms with Crippen LogP contribution >= 0.6 is 0 Å². The Kier molecular flexibility index (Phi) is 6.34. The molecule has 2 aromatic rings. The van der Waals surface area contributed by atoms with Gasteiger partial charge in [0, 0.05) is 23.7 Å². The molecule has 7 aliphatic rings. The topological polar surface area (TPSA) is 34.1 Å². The van der Waals surface area contributed by atoms with Gasteiger partial charge in [0.2, 0.25) is 0 Å². The molecule has 0 spiro atoms. The van der Waals surface area contributed by atoms with E-state index in [0.717, 1.165) is 25.7 Å². The van der Waals surface area contributed by atoms with Crippen LogP contribution in [-0.2, 0) is 9.59 Å². The van der Waals surface area contributed by atoms with Crippen LogP contribution in [0.1, 0.15) is 100 Å². The quantitative estimate of drug-likeness (QED) is 0.368. The Hall–Kier alpha value is -2.22. The number of ketones is 2. The van der Waals surface area contributed by atoms with Crippen molar-refractivity contribution in [2.24, 2.45) is 71.0 Å². The van der Waals surface area contributed by atoms with E-state index in [1.54, 1.807) is 0 Å². The van der Waals surface area contributed by atoms with Gasteiger partial charge < -0.3 is 0 Å². The van der Waals surface area contributed by atoms with E-state index in [-0.39, 0.29) is 0 Å². The van der Waals surface area contributed by atoms with Gasteiger partial charge in [0.15, 0.2) is 0 Å². The molecule has 2 nitrogen and oxygen atoms in total. The van der Waals surface area contributed by atoms with Gasteiger partial charge in [-0.3, -0.25) is 9.59 Å². The molecule has 0 N–H and O–H groups in total. The van der Waals surface area contributed by atoms with Crippen molar-refractivity contribution in [1.29, 1.82) is 0 Å². The average molecular weight is 561 g/mol. The zero-order chi connectivity index (χ0) is 27.9. The highest BCUT2D eigenvalue weighted by Crippen LogP contribution is 2.69. The van der Waals surface area contributed by atoms with Gasteiger partial charge >= 0.3 is 0 Å². The van der Waals surface area contributed by atoms with E-state index in [1.165, 1.54) is 62.5 Å². The second-order valence-corrected chi connectivity index (χ2v) is 15.9. The third kappa shape index (κ3) is 3.81. The lowest BCUT2D eigenvalue weighted by Crippen LogP contribution is -2.52. The van der Waals surface area contributed by atoms with Crippen molar-refractivity contribution in [1.82, 2.24) is 0 Å². The summed E-state index contributed by atoms with van der Waals surface area (Å²) in [4.78, 5) is 28.1. The SMILES string of the molecule is O=C1C2CCCCC2C2CC3C(CC12)C(c1ccccc1)C1CC2C(CC1C3c1ccccc1)C(=O)C1CCCCC12. The fraction of sp³-hybridized carbons (Fsp3) is 0.650. The van der Waals surface area contributed by atoms with E-state index in [9.17, 15) is 9.59 Å². The van der Waals surface area contributed by atoms with Gasteiger partial charge in [-0.15, -0.1) is 0 Å². The normalized spacial score (nSPS) is 47.4. The van der Waals surface area contributed by atoms with E-state index in [2.05, 4.69) is 60.7 Å². The molecular weight excluding hydrogens is 512 g/mol. The molecule has 0 heterocycles. The third-order valence-corrected chi connectivity index (χ3v) is 14.7. The molecule has 0 aromatic heterocycles. The van der Waals surface area contributed by atoms with Gasteiger partial charge in [-0.2, -0.15) is 0 Å². The monoisotopic (exact) mass is 560 g/mol. The van der Waals surface area contributed by atoms with Gasteiger partial charge in [-0.05, 0) is 122 Å². The predicted molar refractivity (Wildman–Crippen MR) is 166 cm³/mol. The molecule has 0 radical (unpaired) electrons. The Balaban J connectivity index is 1.17.